The quantitative estimate of drug-likeness (QED) is 0.887. The van der Waals surface area contributed by atoms with Crippen molar-refractivity contribution in [2.24, 2.45) is 5.41 Å². The third kappa shape index (κ3) is 4.30. The number of aliphatic carboxylic acids is 1. The third-order valence-corrected chi connectivity index (χ3v) is 5.69. The van der Waals surface area contributed by atoms with Gasteiger partial charge in [-0.25, -0.2) is 4.39 Å². The van der Waals surface area contributed by atoms with Crippen molar-refractivity contribution in [3.63, 3.8) is 0 Å². The van der Waals surface area contributed by atoms with Crippen molar-refractivity contribution >= 4 is 23.5 Å². The van der Waals surface area contributed by atoms with Crippen LogP contribution in [0.15, 0.2) is 18.2 Å². The van der Waals surface area contributed by atoms with Crippen LogP contribution in [-0.2, 0) is 16.1 Å². The number of likely N-dealkylation sites (tertiary alicyclic amines) is 2. The van der Waals surface area contributed by atoms with E-state index in [1.807, 2.05) is 6.07 Å². The maximum absolute atomic E-state index is 13.6. The fraction of sp³-hybridized carbons (Fsp3) is 0.556. The second-order valence-corrected chi connectivity index (χ2v) is 7.58. The summed E-state index contributed by atoms with van der Waals surface area (Å²) in [6.07, 6.45) is 3.10. The van der Waals surface area contributed by atoms with Crippen LogP contribution < -0.4 is 0 Å². The number of carboxylic acids is 1. The Bertz CT molecular complexity index is 674. The number of hydrogen-bond donors (Lipinski definition) is 1. The number of amides is 1. The molecule has 7 heteroatoms. The van der Waals surface area contributed by atoms with Gasteiger partial charge in [-0.05, 0) is 55.5 Å². The summed E-state index contributed by atoms with van der Waals surface area (Å²) in [7, 11) is 0. The van der Waals surface area contributed by atoms with Gasteiger partial charge in [-0.3, -0.25) is 14.5 Å². The maximum Gasteiger partial charge on any atom is 0.323 e. The number of carbonyl (C=O) groups is 2. The summed E-state index contributed by atoms with van der Waals surface area (Å²) in [4.78, 5) is 26.6. The third-order valence-electron chi connectivity index (χ3n) is 5.38. The minimum Gasteiger partial charge on any atom is -0.480 e. The Morgan fingerprint density at radius 2 is 2.00 bits per heavy atom. The van der Waals surface area contributed by atoms with Crippen molar-refractivity contribution in [2.75, 3.05) is 26.2 Å². The summed E-state index contributed by atoms with van der Waals surface area (Å²) in [5.41, 5.74) is 0.912. The Labute approximate surface area is 151 Å². The zero-order valence-corrected chi connectivity index (χ0v) is 14.8. The van der Waals surface area contributed by atoms with Crippen LogP contribution in [0.25, 0.3) is 0 Å². The second kappa shape index (κ2) is 7.30. The Morgan fingerprint density at radius 1 is 1.28 bits per heavy atom. The number of nitrogens with zero attached hydrogens (tertiary/aromatic N) is 2. The predicted octanol–water partition coefficient (Wildman–Crippen LogP) is 2.77. The molecule has 2 aliphatic heterocycles. The molecule has 1 aromatic carbocycles. The van der Waals surface area contributed by atoms with Crippen molar-refractivity contribution in [3.05, 3.63) is 34.6 Å². The van der Waals surface area contributed by atoms with Crippen molar-refractivity contribution in [3.8, 4) is 0 Å². The van der Waals surface area contributed by atoms with Gasteiger partial charge in [0.25, 0.3) is 0 Å². The first kappa shape index (κ1) is 18.1. The van der Waals surface area contributed by atoms with Crippen LogP contribution in [0.5, 0.6) is 0 Å². The lowest BCUT2D eigenvalue weighted by Gasteiger charge is -2.47. The molecule has 0 unspecified atom stereocenters. The monoisotopic (exact) mass is 368 g/mol. The number of halogens is 2. The highest BCUT2D eigenvalue weighted by Crippen LogP contribution is 2.40. The maximum atomic E-state index is 13.6. The Morgan fingerprint density at radius 3 is 2.64 bits per heavy atom. The van der Waals surface area contributed by atoms with Gasteiger partial charge in [-0.2, -0.15) is 0 Å². The van der Waals surface area contributed by atoms with Gasteiger partial charge in [0, 0.05) is 19.5 Å². The highest BCUT2D eigenvalue weighted by Gasteiger charge is 2.41. The lowest BCUT2D eigenvalue weighted by molar-refractivity contribution is -0.149. The molecule has 3 rings (SSSR count). The molecule has 25 heavy (non-hydrogen) atoms. The molecule has 5 nitrogen and oxygen atoms in total. The summed E-state index contributed by atoms with van der Waals surface area (Å²) in [6.45, 7) is 2.70. The van der Waals surface area contributed by atoms with Gasteiger partial charge < -0.3 is 10.0 Å². The molecule has 2 aliphatic rings. The topological polar surface area (TPSA) is 60.9 Å². The first-order valence-electron chi connectivity index (χ1n) is 8.53. The van der Waals surface area contributed by atoms with E-state index in [0.29, 0.717) is 19.5 Å². The molecular weight excluding hydrogens is 347 g/mol. The van der Waals surface area contributed by atoms with Crippen molar-refractivity contribution in [1.29, 1.82) is 0 Å². The number of carbonyl (C=O) groups excluding carboxylic acids is 1. The molecule has 1 amide bonds. The number of benzene rings is 1. The minimum absolute atomic E-state index is 0.0190. The number of rotatable bonds is 4. The van der Waals surface area contributed by atoms with Gasteiger partial charge in [0.15, 0.2) is 0 Å². The smallest absolute Gasteiger partial charge is 0.323 e. The number of hydrogen-bond acceptors (Lipinski definition) is 3. The van der Waals surface area contributed by atoms with E-state index >= 15 is 0 Å². The van der Waals surface area contributed by atoms with E-state index in [2.05, 4.69) is 4.90 Å². The SMILES string of the molecule is O=C(O)CN1CC2(CCC1=O)CCN(Cc1ccc(Cl)c(F)c1)CC2. The van der Waals surface area contributed by atoms with Gasteiger partial charge >= 0.3 is 5.97 Å². The second-order valence-electron chi connectivity index (χ2n) is 7.17. The summed E-state index contributed by atoms with van der Waals surface area (Å²) >= 11 is 5.72. The Hall–Kier alpha value is -1.66. The fourth-order valence-corrected chi connectivity index (χ4v) is 4.02. The molecule has 0 bridgehead atoms. The summed E-state index contributed by atoms with van der Waals surface area (Å²) in [5, 5.41) is 9.11. The largest absolute Gasteiger partial charge is 0.480 e. The first-order chi connectivity index (χ1) is 11.9. The molecule has 0 aliphatic carbocycles. The van der Waals surface area contributed by atoms with Crippen LogP contribution in [-0.4, -0.2) is 53.0 Å². The molecule has 2 fully saturated rings. The average Bonchev–Trinajstić information content (AvgIpc) is 2.56. The van der Waals surface area contributed by atoms with Crippen molar-refractivity contribution in [2.45, 2.75) is 32.2 Å². The number of piperidine rings is 2. The van der Waals surface area contributed by atoms with Gasteiger partial charge in [-0.15, -0.1) is 0 Å². The van der Waals surface area contributed by atoms with E-state index in [9.17, 15) is 14.0 Å². The molecule has 0 aromatic heterocycles. The molecule has 0 saturated carbocycles. The van der Waals surface area contributed by atoms with Gasteiger partial charge in [-0.1, -0.05) is 17.7 Å². The van der Waals surface area contributed by atoms with E-state index in [1.54, 1.807) is 6.07 Å². The molecule has 1 N–H and O–H groups in total. The Balaban J connectivity index is 1.58. The Kier molecular flexibility index (Phi) is 5.29. The van der Waals surface area contributed by atoms with Gasteiger partial charge in [0.1, 0.15) is 12.4 Å². The number of carboxylic acid groups (broad SMARTS) is 1. The molecule has 136 valence electrons. The van der Waals surface area contributed by atoms with Crippen LogP contribution in [0.4, 0.5) is 4.39 Å². The van der Waals surface area contributed by atoms with Crippen molar-refractivity contribution < 1.29 is 19.1 Å². The molecule has 2 saturated heterocycles. The fourth-order valence-electron chi connectivity index (χ4n) is 3.90. The summed E-state index contributed by atoms with van der Waals surface area (Å²) < 4.78 is 13.6. The lowest BCUT2D eigenvalue weighted by atomic mass is 9.72. The zero-order valence-electron chi connectivity index (χ0n) is 14.0. The van der Waals surface area contributed by atoms with E-state index < -0.39 is 11.8 Å². The van der Waals surface area contributed by atoms with E-state index in [1.165, 1.54) is 11.0 Å². The van der Waals surface area contributed by atoms with E-state index in [4.69, 9.17) is 16.7 Å². The van der Waals surface area contributed by atoms with E-state index in [0.717, 1.165) is 37.9 Å². The molecule has 1 aromatic rings. The summed E-state index contributed by atoms with van der Waals surface area (Å²) in [6, 6.07) is 4.89. The van der Waals surface area contributed by atoms with Crippen LogP contribution in [0.1, 0.15) is 31.2 Å². The standard InChI is InChI=1S/C18H22ClFN2O3/c19-14-2-1-13(9-15(14)20)10-21-7-5-18(6-8-21)4-3-16(23)22(12-18)11-17(24)25/h1-2,9H,3-8,10-12H2,(H,24,25). The van der Waals surface area contributed by atoms with Gasteiger partial charge in [0.05, 0.1) is 5.02 Å². The molecule has 0 radical (unpaired) electrons. The normalized spacial score (nSPS) is 20.9. The van der Waals surface area contributed by atoms with E-state index in [-0.39, 0.29) is 22.9 Å². The van der Waals surface area contributed by atoms with Gasteiger partial charge in [0.2, 0.25) is 5.91 Å². The lowest BCUT2D eigenvalue weighted by Crippen LogP contribution is -2.52. The molecule has 0 atom stereocenters. The highest BCUT2D eigenvalue weighted by molar-refractivity contribution is 6.30. The zero-order chi connectivity index (χ0) is 18.0. The van der Waals surface area contributed by atoms with Crippen LogP contribution in [0.3, 0.4) is 0 Å². The summed E-state index contributed by atoms with van der Waals surface area (Å²) in [5.74, 6) is -1.43. The minimum atomic E-state index is -0.965. The van der Waals surface area contributed by atoms with Crippen molar-refractivity contribution in [1.82, 2.24) is 9.80 Å². The molecule has 1 spiro atoms. The van der Waals surface area contributed by atoms with Crippen LogP contribution >= 0.6 is 11.6 Å². The molecular formula is C18H22ClFN2O3. The van der Waals surface area contributed by atoms with Crippen LogP contribution in [0, 0.1) is 11.2 Å². The van der Waals surface area contributed by atoms with Crippen LogP contribution in [0.2, 0.25) is 5.02 Å². The predicted molar refractivity (Wildman–Crippen MR) is 91.8 cm³/mol. The average molecular weight is 369 g/mol. The molecule has 2 heterocycles. The highest BCUT2D eigenvalue weighted by atomic mass is 35.5. The first-order valence-corrected chi connectivity index (χ1v) is 8.91.